The number of nitrogens with two attached hydrogens (primary N) is 1. The number of aryl methyl sites for hydroxylation is 1. The van der Waals surface area contributed by atoms with E-state index < -0.39 is 58.0 Å². The van der Waals surface area contributed by atoms with E-state index in [4.69, 9.17) is 5.73 Å². The van der Waals surface area contributed by atoms with E-state index in [0.717, 1.165) is 0 Å². The molecule has 4 atom stereocenters. The summed E-state index contributed by atoms with van der Waals surface area (Å²) in [5.41, 5.74) is 3.35. The van der Waals surface area contributed by atoms with Gasteiger partial charge in [0.2, 0.25) is 5.78 Å². The number of fused-ring (bicyclic) bond motifs is 3. The highest BCUT2D eigenvalue weighted by atomic mass is 16.3. The monoisotopic (exact) mass is 593 g/mol. The number of likely N-dealkylation sites (N-methyl/N-ethyl adjacent to an activating group) is 1. The van der Waals surface area contributed by atoms with Gasteiger partial charge < -0.3 is 40.9 Å². The fraction of sp³-hybridized carbons (Fsp3) is 0.400. The Morgan fingerprint density at radius 3 is 2.40 bits per heavy atom. The van der Waals surface area contributed by atoms with Crippen molar-refractivity contribution in [2.75, 3.05) is 33.1 Å². The summed E-state index contributed by atoms with van der Waals surface area (Å²) < 4.78 is 1.64. The molecule has 1 aromatic carbocycles. The molecule has 13 heteroatoms. The van der Waals surface area contributed by atoms with E-state index in [1.807, 2.05) is 0 Å². The number of carbonyl (C=O) groups excluding carboxylic acids is 4. The van der Waals surface area contributed by atoms with Crippen molar-refractivity contribution < 1.29 is 39.6 Å². The molecule has 43 heavy (non-hydrogen) atoms. The van der Waals surface area contributed by atoms with Gasteiger partial charge in [-0.25, -0.2) is 0 Å². The highest BCUT2D eigenvalue weighted by molar-refractivity contribution is 6.24. The molecule has 2 aromatic rings. The number of hydrogen-bond donors (Lipinski definition) is 6. The summed E-state index contributed by atoms with van der Waals surface area (Å²) in [7, 11) is 8.37. The number of aliphatic hydroxyl groups excluding tert-OH is 2. The van der Waals surface area contributed by atoms with Crippen LogP contribution in [0.4, 0.5) is 5.69 Å². The summed E-state index contributed by atoms with van der Waals surface area (Å²) in [5, 5.41) is 48.6. The van der Waals surface area contributed by atoms with Crippen LogP contribution < -0.4 is 16.0 Å². The Hall–Kier alpha value is -4.62. The van der Waals surface area contributed by atoms with Crippen molar-refractivity contribution in [1.29, 1.82) is 0 Å². The molecule has 2 unspecified atom stereocenters. The molecular formula is C30H35N5O8. The third-order valence-electron chi connectivity index (χ3n) is 8.87. The predicted octanol–water partition coefficient (Wildman–Crippen LogP) is 0.299. The summed E-state index contributed by atoms with van der Waals surface area (Å²) in [4.78, 5) is 55.5. The van der Waals surface area contributed by atoms with Crippen LogP contribution >= 0.6 is 0 Å². The van der Waals surface area contributed by atoms with Crippen LogP contribution in [0, 0.1) is 11.8 Å². The third kappa shape index (κ3) is 4.29. The van der Waals surface area contributed by atoms with Crippen molar-refractivity contribution in [3.05, 3.63) is 63.7 Å². The summed E-state index contributed by atoms with van der Waals surface area (Å²) in [6.45, 7) is -0.103. The molecule has 13 nitrogen and oxygen atoms in total. The first-order valence-electron chi connectivity index (χ1n) is 13.7. The van der Waals surface area contributed by atoms with Crippen LogP contribution in [-0.2, 0) is 34.4 Å². The number of Topliss-reactive ketones (excluding diaryl/α,β-unsaturated/α-hetero) is 2. The SMILES string of the molecule is CN(C)c1cc(CNC(=O)c2cccn2C)c(O)c2c1CC1CC3[C@H](N(C)C)C(=O)C(C(N)=O)=C(O)[C@@]3(O)C(=O)C1=C2O. The van der Waals surface area contributed by atoms with E-state index in [-0.39, 0.29) is 47.7 Å². The van der Waals surface area contributed by atoms with Crippen LogP contribution in [-0.4, -0.2) is 93.1 Å². The maximum Gasteiger partial charge on any atom is 0.268 e. The number of primary amides is 1. The van der Waals surface area contributed by atoms with E-state index in [0.29, 0.717) is 16.9 Å². The number of aromatic hydroxyl groups is 1. The summed E-state index contributed by atoms with van der Waals surface area (Å²) in [6.07, 6.45) is 1.87. The van der Waals surface area contributed by atoms with E-state index in [1.165, 1.54) is 4.90 Å². The van der Waals surface area contributed by atoms with E-state index in [1.54, 1.807) is 69.1 Å². The molecule has 3 aliphatic carbocycles. The lowest BCUT2D eigenvalue weighted by molar-refractivity contribution is -0.153. The zero-order chi connectivity index (χ0) is 31.7. The minimum Gasteiger partial charge on any atom is -0.508 e. The van der Waals surface area contributed by atoms with Crippen LogP contribution in [0.3, 0.4) is 0 Å². The number of rotatable bonds is 6. The molecule has 2 amide bonds. The van der Waals surface area contributed by atoms with Gasteiger partial charge in [0, 0.05) is 56.6 Å². The van der Waals surface area contributed by atoms with Crippen molar-refractivity contribution >= 4 is 34.8 Å². The molecule has 0 radical (unpaired) electrons. The van der Waals surface area contributed by atoms with Crippen LogP contribution in [0.15, 0.2) is 41.3 Å². The first-order valence-corrected chi connectivity index (χ1v) is 13.7. The minimum atomic E-state index is -2.72. The number of aliphatic hydroxyl groups is 3. The van der Waals surface area contributed by atoms with Gasteiger partial charge in [-0.1, -0.05) is 0 Å². The second kappa shape index (κ2) is 10.3. The standard InChI is InChI=1S/C30H35N5O8/c1-33(2)18-11-14(12-32-29(42)17-7-6-8-35(17)5)23(36)20-15(18)9-13-10-16-22(34(3)4)25(38)21(28(31)41)27(40)30(16,43)26(39)19(13)24(20)37/h6-8,11,13,16,22,36-37,40,43H,9-10,12H2,1-5H3,(H2,31,41)(H,32,42)/t13?,16?,22-,30-/m0/s1. The van der Waals surface area contributed by atoms with Crippen molar-refractivity contribution in [1.82, 2.24) is 14.8 Å². The van der Waals surface area contributed by atoms with Crippen molar-refractivity contribution in [3.63, 3.8) is 0 Å². The van der Waals surface area contributed by atoms with Gasteiger partial charge in [-0.2, -0.15) is 0 Å². The number of hydrogen-bond acceptors (Lipinski definition) is 10. The Balaban J connectivity index is 1.64. The fourth-order valence-corrected chi connectivity index (χ4v) is 6.84. The van der Waals surface area contributed by atoms with Gasteiger partial charge in [0.05, 0.1) is 11.6 Å². The number of nitrogens with zero attached hydrogens (tertiary/aromatic N) is 3. The molecular weight excluding hydrogens is 558 g/mol. The van der Waals surface area contributed by atoms with Crippen LogP contribution in [0.2, 0.25) is 0 Å². The maximum atomic E-state index is 14.1. The average molecular weight is 594 g/mol. The Morgan fingerprint density at radius 1 is 1.16 bits per heavy atom. The molecule has 0 aliphatic heterocycles. The van der Waals surface area contributed by atoms with Gasteiger partial charge in [-0.15, -0.1) is 0 Å². The Kier molecular flexibility index (Phi) is 7.14. The smallest absolute Gasteiger partial charge is 0.268 e. The lowest BCUT2D eigenvalue weighted by atomic mass is 9.57. The molecule has 5 rings (SSSR count). The van der Waals surface area contributed by atoms with E-state index in [9.17, 15) is 39.6 Å². The number of amides is 2. The molecule has 1 saturated carbocycles. The molecule has 3 aliphatic rings. The Bertz CT molecular complexity index is 1650. The van der Waals surface area contributed by atoms with Crippen molar-refractivity contribution in [3.8, 4) is 5.75 Å². The molecule has 1 fully saturated rings. The molecule has 0 saturated heterocycles. The Labute approximate surface area is 247 Å². The second-order valence-corrected chi connectivity index (χ2v) is 11.8. The first-order chi connectivity index (χ1) is 20.1. The molecule has 0 bridgehead atoms. The van der Waals surface area contributed by atoms with Crippen LogP contribution in [0.1, 0.15) is 33.6 Å². The first kappa shape index (κ1) is 29.9. The number of aromatic nitrogens is 1. The number of ketones is 2. The normalized spacial score (nSPS) is 25.0. The number of anilines is 1. The maximum absolute atomic E-state index is 14.1. The topological polar surface area (TPSA) is 199 Å². The van der Waals surface area contributed by atoms with Crippen LogP contribution in [0.5, 0.6) is 5.75 Å². The van der Waals surface area contributed by atoms with E-state index in [2.05, 4.69) is 5.32 Å². The summed E-state index contributed by atoms with van der Waals surface area (Å²) in [6, 6.07) is 3.90. The average Bonchev–Trinajstić information content (AvgIpc) is 3.35. The van der Waals surface area contributed by atoms with Crippen molar-refractivity contribution in [2.24, 2.45) is 24.6 Å². The molecule has 1 aromatic heterocycles. The zero-order valence-electron chi connectivity index (χ0n) is 24.5. The van der Waals surface area contributed by atoms with Gasteiger partial charge in [0.15, 0.2) is 11.4 Å². The lowest BCUT2D eigenvalue weighted by Crippen LogP contribution is -2.65. The number of phenolic OH excluding ortho intramolecular Hbond substituents is 1. The Morgan fingerprint density at radius 2 is 1.84 bits per heavy atom. The molecule has 0 spiro atoms. The number of carbonyl (C=O) groups is 4. The summed E-state index contributed by atoms with van der Waals surface area (Å²) >= 11 is 0. The highest BCUT2D eigenvalue weighted by Gasteiger charge is 2.64. The van der Waals surface area contributed by atoms with Gasteiger partial charge in [0.25, 0.3) is 11.8 Å². The highest BCUT2D eigenvalue weighted by Crippen LogP contribution is 2.54. The third-order valence-corrected chi connectivity index (χ3v) is 8.87. The summed E-state index contributed by atoms with van der Waals surface area (Å²) in [5.74, 6) is -7.51. The van der Waals surface area contributed by atoms with Gasteiger partial charge in [0.1, 0.15) is 28.5 Å². The van der Waals surface area contributed by atoms with Crippen molar-refractivity contribution in [2.45, 2.75) is 31.0 Å². The van der Waals surface area contributed by atoms with Gasteiger partial charge in [-0.05, 0) is 56.6 Å². The lowest BCUT2D eigenvalue weighted by Gasteiger charge is -2.50. The number of benzene rings is 1. The molecule has 7 N–H and O–H groups in total. The fourth-order valence-electron chi connectivity index (χ4n) is 6.84. The van der Waals surface area contributed by atoms with E-state index >= 15 is 0 Å². The molecule has 1 heterocycles. The van der Waals surface area contributed by atoms with Crippen LogP contribution in [0.25, 0.3) is 5.76 Å². The quantitative estimate of drug-likeness (QED) is 0.253. The number of nitrogens with one attached hydrogen (secondary N) is 1. The predicted molar refractivity (Wildman–Crippen MR) is 155 cm³/mol. The van der Waals surface area contributed by atoms with Gasteiger partial charge in [-0.3, -0.25) is 24.1 Å². The molecule has 228 valence electrons. The second-order valence-electron chi connectivity index (χ2n) is 11.8. The van der Waals surface area contributed by atoms with Gasteiger partial charge >= 0.3 is 0 Å². The largest absolute Gasteiger partial charge is 0.508 e. The zero-order valence-corrected chi connectivity index (χ0v) is 24.5. The number of phenols is 1. The minimum absolute atomic E-state index is 0.00609.